The molecule has 2 nitrogen and oxygen atoms in total. The van der Waals surface area contributed by atoms with Crippen LogP contribution < -0.4 is 0 Å². The molecule has 0 N–H and O–H groups in total. The molecule has 0 saturated heterocycles. The van der Waals surface area contributed by atoms with Gasteiger partial charge in [0.2, 0.25) is 0 Å². The number of benzene rings is 2. The van der Waals surface area contributed by atoms with Gasteiger partial charge in [-0.05, 0) is 30.5 Å². The molecule has 5 heteroatoms. The van der Waals surface area contributed by atoms with E-state index in [2.05, 4.69) is 9.97 Å². The molecule has 0 fully saturated rings. The average Bonchev–Trinajstić information content (AvgIpc) is 2.47. The van der Waals surface area contributed by atoms with Crippen LogP contribution >= 0.6 is 35.0 Å². The third-order valence-corrected chi connectivity index (χ3v) is 4.31. The molecule has 0 radical (unpaired) electrons. The van der Waals surface area contributed by atoms with Crippen molar-refractivity contribution in [3.63, 3.8) is 0 Å². The van der Waals surface area contributed by atoms with Crippen LogP contribution in [0.1, 0.15) is 0 Å². The van der Waals surface area contributed by atoms with Crippen LogP contribution in [-0.4, -0.2) is 16.2 Å². The molecule has 3 aromatic rings. The van der Waals surface area contributed by atoms with Gasteiger partial charge >= 0.3 is 0 Å². The molecular formula is C15H10Cl2N2S. The second-order valence-electron chi connectivity index (χ2n) is 4.20. The molecule has 20 heavy (non-hydrogen) atoms. The standard InChI is InChI=1S/C15H10Cl2N2S/c1-20-10-7-5-9(6-8-10)15-18-12-4-2-3-11(16)13(12)14(17)19-15/h2-8H,1H3. The SMILES string of the molecule is CSc1ccc(-c2nc(Cl)c3c(Cl)cccc3n2)cc1. The summed E-state index contributed by atoms with van der Waals surface area (Å²) >= 11 is 14.1. The highest BCUT2D eigenvalue weighted by Crippen LogP contribution is 2.30. The Balaban J connectivity index is 2.17. The van der Waals surface area contributed by atoms with E-state index in [-0.39, 0.29) is 0 Å². The van der Waals surface area contributed by atoms with Crippen molar-refractivity contribution >= 4 is 45.9 Å². The minimum Gasteiger partial charge on any atom is -0.228 e. The summed E-state index contributed by atoms with van der Waals surface area (Å²) in [6, 6.07) is 13.6. The van der Waals surface area contributed by atoms with Crippen molar-refractivity contribution in [1.29, 1.82) is 0 Å². The summed E-state index contributed by atoms with van der Waals surface area (Å²) < 4.78 is 0. The Kier molecular flexibility index (Phi) is 3.83. The van der Waals surface area contributed by atoms with Gasteiger partial charge in [-0.1, -0.05) is 41.4 Å². The Labute approximate surface area is 131 Å². The highest BCUT2D eigenvalue weighted by atomic mass is 35.5. The van der Waals surface area contributed by atoms with Crippen molar-refractivity contribution < 1.29 is 0 Å². The summed E-state index contributed by atoms with van der Waals surface area (Å²) in [6.45, 7) is 0. The van der Waals surface area contributed by atoms with Gasteiger partial charge in [0.25, 0.3) is 0 Å². The summed E-state index contributed by atoms with van der Waals surface area (Å²) in [5.41, 5.74) is 1.69. The Hall–Kier alpha value is -1.29. The lowest BCUT2D eigenvalue weighted by Crippen LogP contribution is -1.92. The summed E-state index contributed by atoms with van der Waals surface area (Å²) in [5.74, 6) is 0.609. The van der Waals surface area contributed by atoms with Crippen LogP contribution in [0.15, 0.2) is 47.4 Å². The van der Waals surface area contributed by atoms with Crippen LogP contribution in [0.2, 0.25) is 10.2 Å². The molecule has 0 atom stereocenters. The summed E-state index contributed by atoms with van der Waals surface area (Å²) in [6.07, 6.45) is 2.04. The van der Waals surface area contributed by atoms with E-state index in [0.717, 1.165) is 11.1 Å². The van der Waals surface area contributed by atoms with Crippen LogP contribution in [0.25, 0.3) is 22.3 Å². The van der Waals surface area contributed by atoms with Gasteiger partial charge in [0.05, 0.1) is 15.9 Å². The fraction of sp³-hybridized carbons (Fsp3) is 0.0667. The lowest BCUT2D eigenvalue weighted by Gasteiger charge is -2.06. The molecule has 0 aliphatic heterocycles. The molecule has 0 unspecified atom stereocenters. The van der Waals surface area contributed by atoms with Gasteiger partial charge < -0.3 is 0 Å². The monoisotopic (exact) mass is 320 g/mol. The third kappa shape index (κ3) is 2.49. The summed E-state index contributed by atoms with van der Waals surface area (Å²) in [4.78, 5) is 10.1. The Morgan fingerprint density at radius 1 is 0.950 bits per heavy atom. The van der Waals surface area contributed by atoms with Crippen LogP contribution in [0, 0.1) is 0 Å². The number of aromatic nitrogens is 2. The first-order valence-corrected chi connectivity index (χ1v) is 7.93. The molecule has 0 aliphatic carbocycles. The molecule has 2 aromatic carbocycles. The van der Waals surface area contributed by atoms with Gasteiger partial charge in [0.15, 0.2) is 5.82 Å². The Morgan fingerprint density at radius 2 is 1.70 bits per heavy atom. The number of fused-ring (bicyclic) bond motifs is 1. The molecule has 1 heterocycles. The van der Waals surface area contributed by atoms with Crippen molar-refractivity contribution in [3.8, 4) is 11.4 Å². The number of hydrogen-bond acceptors (Lipinski definition) is 3. The maximum Gasteiger partial charge on any atom is 0.161 e. The minimum atomic E-state index is 0.379. The molecule has 0 saturated carbocycles. The zero-order valence-corrected chi connectivity index (χ0v) is 12.9. The van der Waals surface area contributed by atoms with Crippen molar-refractivity contribution in [3.05, 3.63) is 52.6 Å². The lowest BCUT2D eigenvalue weighted by atomic mass is 10.2. The van der Waals surface area contributed by atoms with E-state index in [0.29, 0.717) is 21.4 Å². The van der Waals surface area contributed by atoms with Crippen LogP contribution in [0.4, 0.5) is 0 Å². The first-order chi connectivity index (χ1) is 9.69. The molecular weight excluding hydrogens is 311 g/mol. The quantitative estimate of drug-likeness (QED) is 0.471. The fourth-order valence-corrected chi connectivity index (χ4v) is 2.96. The highest BCUT2D eigenvalue weighted by Gasteiger charge is 2.10. The highest BCUT2D eigenvalue weighted by molar-refractivity contribution is 7.98. The number of hydrogen-bond donors (Lipinski definition) is 0. The van der Waals surface area contributed by atoms with Crippen LogP contribution in [0.3, 0.4) is 0 Å². The number of nitrogens with zero attached hydrogens (tertiary/aromatic N) is 2. The predicted molar refractivity (Wildman–Crippen MR) is 86.8 cm³/mol. The minimum absolute atomic E-state index is 0.379. The van der Waals surface area contributed by atoms with Crippen molar-refractivity contribution in [2.45, 2.75) is 4.90 Å². The largest absolute Gasteiger partial charge is 0.228 e. The first-order valence-electron chi connectivity index (χ1n) is 5.95. The fourth-order valence-electron chi connectivity index (χ4n) is 1.97. The number of halogens is 2. The van der Waals surface area contributed by atoms with E-state index in [1.165, 1.54) is 4.90 Å². The molecule has 0 amide bonds. The summed E-state index contributed by atoms with van der Waals surface area (Å²) in [7, 11) is 0. The second kappa shape index (κ2) is 5.60. The van der Waals surface area contributed by atoms with E-state index in [4.69, 9.17) is 23.2 Å². The van der Waals surface area contributed by atoms with Gasteiger partial charge in [-0.2, -0.15) is 0 Å². The van der Waals surface area contributed by atoms with Gasteiger partial charge in [-0.3, -0.25) is 0 Å². The molecule has 0 aliphatic rings. The zero-order valence-electron chi connectivity index (χ0n) is 10.6. The smallest absolute Gasteiger partial charge is 0.161 e. The van der Waals surface area contributed by atoms with Crippen LogP contribution in [0.5, 0.6) is 0 Å². The lowest BCUT2D eigenvalue weighted by molar-refractivity contribution is 1.22. The van der Waals surface area contributed by atoms with Crippen molar-refractivity contribution in [2.24, 2.45) is 0 Å². The number of thioether (sulfide) groups is 1. The van der Waals surface area contributed by atoms with E-state index < -0.39 is 0 Å². The molecule has 100 valence electrons. The third-order valence-electron chi connectivity index (χ3n) is 2.98. The summed E-state index contributed by atoms with van der Waals surface area (Å²) in [5, 5.41) is 1.64. The van der Waals surface area contributed by atoms with Crippen LogP contribution in [-0.2, 0) is 0 Å². The molecule has 0 bridgehead atoms. The molecule has 3 rings (SSSR count). The maximum absolute atomic E-state index is 6.24. The van der Waals surface area contributed by atoms with E-state index in [1.807, 2.05) is 42.7 Å². The zero-order chi connectivity index (χ0) is 14.1. The molecule has 1 aromatic heterocycles. The van der Waals surface area contributed by atoms with Gasteiger partial charge in [0.1, 0.15) is 5.15 Å². The van der Waals surface area contributed by atoms with Gasteiger partial charge in [-0.15, -0.1) is 11.8 Å². The van der Waals surface area contributed by atoms with Crippen molar-refractivity contribution in [1.82, 2.24) is 9.97 Å². The number of rotatable bonds is 2. The normalized spacial score (nSPS) is 10.9. The van der Waals surface area contributed by atoms with Gasteiger partial charge in [-0.25, -0.2) is 9.97 Å². The van der Waals surface area contributed by atoms with E-state index in [9.17, 15) is 0 Å². The van der Waals surface area contributed by atoms with E-state index >= 15 is 0 Å². The maximum atomic E-state index is 6.24. The van der Waals surface area contributed by atoms with Gasteiger partial charge in [0, 0.05) is 10.5 Å². The first kappa shape index (κ1) is 13.7. The second-order valence-corrected chi connectivity index (χ2v) is 5.85. The predicted octanol–water partition coefficient (Wildman–Crippen LogP) is 5.33. The molecule has 0 spiro atoms. The topological polar surface area (TPSA) is 25.8 Å². The Morgan fingerprint density at radius 3 is 2.40 bits per heavy atom. The Bertz CT molecular complexity index is 773. The van der Waals surface area contributed by atoms with Crippen molar-refractivity contribution in [2.75, 3.05) is 6.26 Å². The van der Waals surface area contributed by atoms with E-state index in [1.54, 1.807) is 17.8 Å². The average molecular weight is 321 g/mol.